The molecule has 0 saturated heterocycles. The Kier molecular flexibility index (Phi) is 1.43. The highest BCUT2D eigenvalue weighted by Crippen LogP contribution is 2.11. The summed E-state index contributed by atoms with van der Waals surface area (Å²) in [6, 6.07) is 7.49. The van der Waals surface area contributed by atoms with Gasteiger partial charge in [-0.25, -0.2) is 0 Å². The summed E-state index contributed by atoms with van der Waals surface area (Å²) in [7, 11) is 0. The number of hydrogen-bond acceptors (Lipinski definition) is 2. The minimum absolute atomic E-state index is 0.0903. The van der Waals surface area contributed by atoms with Gasteiger partial charge in [-0.3, -0.25) is 4.79 Å². The van der Waals surface area contributed by atoms with Gasteiger partial charge in [-0.1, -0.05) is 18.2 Å². The van der Waals surface area contributed by atoms with Gasteiger partial charge in [0.2, 0.25) is 5.91 Å². The summed E-state index contributed by atoms with van der Waals surface area (Å²) in [5, 5.41) is 4.71. The summed E-state index contributed by atoms with van der Waals surface area (Å²) in [4.78, 5) is 11.0. The molecule has 0 bridgehead atoms. The van der Waals surface area contributed by atoms with Gasteiger partial charge in [-0.05, 0) is 6.07 Å². The summed E-state index contributed by atoms with van der Waals surface area (Å²) in [6.07, 6.45) is 2.76. The second-order valence-corrected chi connectivity index (χ2v) is 2.56. The topological polar surface area (TPSA) is 34.9 Å². The SMILES string of the molecule is CC(=O)n1n[c]c2ccccc21. The average Bonchev–Trinajstić information content (AvgIpc) is 2.47. The lowest BCUT2D eigenvalue weighted by molar-refractivity contribution is 0.0926. The molecule has 1 radical (unpaired) electrons. The number of aromatic nitrogens is 2. The van der Waals surface area contributed by atoms with Crippen LogP contribution in [-0.4, -0.2) is 15.7 Å². The van der Waals surface area contributed by atoms with Crippen molar-refractivity contribution in [3.63, 3.8) is 0 Å². The summed E-state index contributed by atoms with van der Waals surface area (Å²) in [5.74, 6) is -0.0903. The highest BCUT2D eigenvalue weighted by Gasteiger charge is 2.04. The first-order chi connectivity index (χ1) is 5.79. The van der Waals surface area contributed by atoms with Gasteiger partial charge in [0.05, 0.1) is 5.52 Å². The second-order valence-electron chi connectivity index (χ2n) is 2.56. The normalized spacial score (nSPS) is 10.4. The number of hydrogen-bond donors (Lipinski definition) is 0. The molecule has 0 saturated carbocycles. The molecule has 0 N–H and O–H groups in total. The van der Waals surface area contributed by atoms with Crippen molar-refractivity contribution in [1.82, 2.24) is 9.78 Å². The quantitative estimate of drug-likeness (QED) is 0.583. The molecule has 1 aromatic heterocycles. The van der Waals surface area contributed by atoms with Crippen molar-refractivity contribution in [3.05, 3.63) is 30.5 Å². The van der Waals surface area contributed by atoms with Crippen LogP contribution in [0.15, 0.2) is 24.3 Å². The van der Waals surface area contributed by atoms with Gasteiger partial charge < -0.3 is 0 Å². The summed E-state index contributed by atoms with van der Waals surface area (Å²) >= 11 is 0. The summed E-state index contributed by atoms with van der Waals surface area (Å²) in [5.41, 5.74) is 0.810. The van der Waals surface area contributed by atoms with Crippen LogP contribution in [0.4, 0.5) is 0 Å². The van der Waals surface area contributed by atoms with Gasteiger partial charge in [0.15, 0.2) is 0 Å². The Balaban J connectivity index is 2.79. The second kappa shape index (κ2) is 2.44. The molecule has 0 aliphatic carbocycles. The molecule has 0 aliphatic rings. The number of carbonyl (C=O) groups excluding carboxylic acids is 1. The molecule has 0 fully saturated rings. The van der Waals surface area contributed by atoms with Crippen LogP contribution in [0.1, 0.15) is 11.7 Å². The molecule has 0 aliphatic heterocycles. The maximum Gasteiger partial charge on any atom is 0.244 e. The Morgan fingerprint density at radius 2 is 2.25 bits per heavy atom. The van der Waals surface area contributed by atoms with Crippen LogP contribution in [0.5, 0.6) is 0 Å². The third-order valence-corrected chi connectivity index (χ3v) is 1.70. The maximum absolute atomic E-state index is 11.0. The van der Waals surface area contributed by atoms with Gasteiger partial charge in [-0.15, -0.1) is 0 Å². The molecule has 2 rings (SSSR count). The minimum atomic E-state index is -0.0903. The highest BCUT2D eigenvalue weighted by atomic mass is 16.2. The van der Waals surface area contributed by atoms with E-state index in [0.717, 1.165) is 10.9 Å². The number of nitrogens with zero attached hydrogens (tertiary/aromatic N) is 2. The molecule has 0 amide bonds. The monoisotopic (exact) mass is 159 g/mol. The zero-order chi connectivity index (χ0) is 8.55. The predicted octanol–water partition coefficient (Wildman–Crippen LogP) is 1.50. The highest BCUT2D eigenvalue weighted by molar-refractivity contribution is 5.89. The van der Waals surface area contributed by atoms with Crippen molar-refractivity contribution >= 4 is 16.8 Å². The minimum Gasteiger partial charge on any atom is -0.273 e. The van der Waals surface area contributed by atoms with E-state index in [1.54, 1.807) is 0 Å². The van der Waals surface area contributed by atoms with Crippen molar-refractivity contribution in [1.29, 1.82) is 0 Å². The molecule has 2 aromatic rings. The Hall–Kier alpha value is -1.64. The Bertz CT molecular complexity index is 431. The molecule has 59 valence electrons. The van der Waals surface area contributed by atoms with Crippen molar-refractivity contribution in [2.24, 2.45) is 0 Å². The van der Waals surface area contributed by atoms with E-state index in [1.165, 1.54) is 11.6 Å². The van der Waals surface area contributed by atoms with Crippen LogP contribution in [0.25, 0.3) is 10.9 Å². The van der Waals surface area contributed by atoms with Gasteiger partial charge in [-0.2, -0.15) is 9.78 Å². The van der Waals surface area contributed by atoms with E-state index in [4.69, 9.17) is 0 Å². The van der Waals surface area contributed by atoms with Crippen LogP contribution in [0.2, 0.25) is 0 Å². The molecule has 0 atom stereocenters. The van der Waals surface area contributed by atoms with Crippen LogP contribution in [-0.2, 0) is 0 Å². The zero-order valence-electron chi connectivity index (χ0n) is 6.61. The van der Waals surface area contributed by atoms with E-state index in [9.17, 15) is 4.79 Å². The van der Waals surface area contributed by atoms with E-state index >= 15 is 0 Å². The number of rotatable bonds is 0. The van der Waals surface area contributed by atoms with Crippen LogP contribution >= 0.6 is 0 Å². The molecule has 3 heteroatoms. The van der Waals surface area contributed by atoms with Gasteiger partial charge in [0, 0.05) is 12.3 Å². The molecule has 0 spiro atoms. The summed E-state index contributed by atoms with van der Waals surface area (Å²) < 4.78 is 1.34. The third kappa shape index (κ3) is 0.906. The largest absolute Gasteiger partial charge is 0.273 e. The van der Waals surface area contributed by atoms with Gasteiger partial charge in [0.1, 0.15) is 6.20 Å². The van der Waals surface area contributed by atoms with E-state index in [2.05, 4.69) is 11.3 Å². The lowest BCUT2D eigenvalue weighted by atomic mass is 10.3. The lowest BCUT2D eigenvalue weighted by Gasteiger charge is -1.94. The van der Waals surface area contributed by atoms with E-state index in [1.807, 2.05) is 24.3 Å². The van der Waals surface area contributed by atoms with Crippen LogP contribution in [0, 0.1) is 6.20 Å². The van der Waals surface area contributed by atoms with Crippen LogP contribution < -0.4 is 0 Å². The van der Waals surface area contributed by atoms with Crippen molar-refractivity contribution in [2.45, 2.75) is 6.92 Å². The Morgan fingerprint density at radius 1 is 1.50 bits per heavy atom. The number of para-hydroxylation sites is 1. The number of fused-ring (bicyclic) bond motifs is 1. The molecule has 1 heterocycles. The first-order valence-corrected chi connectivity index (χ1v) is 3.65. The first-order valence-electron chi connectivity index (χ1n) is 3.65. The van der Waals surface area contributed by atoms with E-state index in [0.29, 0.717) is 0 Å². The van der Waals surface area contributed by atoms with Crippen molar-refractivity contribution < 1.29 is 4.79 Å². The lowest BCUT2D eigenvalue weighted by Crippen LogP contribution is -2.06. The standard InChI is InChI=1S/C9H7N2O/c1-7(12)11-9-5-3-2-4-8(9)6-10-11/h2-5H,1H3. The zero-order valence-corrected chi connectivity index (χ0v) is 6.61. The molecule has 3 nitrogen and oxygen atoms in total. The van der Waals surface area contributed by atoms with Gasteiger partial charge in [0.25, 0.3) is 0 Å². The first kappa shape index (κ1) is 7.03. The van der Waals surface area contributed by atoms with Crippen molar-refractivity contribution in [2.75, 3.05) is 0 Å². The van der Waals surface area contributed by atoms with Gasteiger partial charge >= 0.3 is 0 Å². The fraction of sp³-hybridized carbons (Fsp3) is 0.111. The molecular weight excluding hydrogens is 152 g/mol. The van der Waals surface area contributed by atoms with Crippen molar-refractivity contribution in [3.8, 4) is 0 Å². The smallest absolute Gasteiger partial charge is 0.244 e. The summed E-state index contributed by atoms with van der Waals surface area (Å²) in [6.45, 7) is 1.48. The number of carbonyl (C=O) groups is 1. The fourth-order valence-electron chi connectivity index (χ4n) is 1.15. The Morgan fingerprint density at radius 3 is 3.00 bits per heavy atom. The predicted molar refractivity (Wildman–Crippen MR) is 44.9 cm³/mol. The molecular formula is C9H7N2O. The third-order valence-electron chi connectivity index (χ3n) is 1.70. The fourth-order valence-corrected chi connectivity index (χ4v) is 1.15. The number of benzene rings is 1. The van der Waals surface area contributed by atoms with E-state index in [-0.39, 0.29) is 5.91 Å². The van der Waals surface area contributed by atoms with Crippen LogP contribution in [0.3, 0.4) is 0 Å². The molecule has 1 aromatic carbocycles. The molecule has 0 unspecified atom stereocenters. The average molecular weight is 159 g/mol. The molecule has 12 heavy (non-hydrogen) atoms. The van der Waals surface area contributed by atoms with E-state index < -0.39 is 0 Å². The maximum atomic E-state index is 11.0. The Labute approximate surface area is 69.6 Å².